The van der Waals surface area contributed by atoms with E-state index < -0.39 is 17.5 Å². The van der Waals surface area contributed by atoms with Crippen LogP contribution in [0.3, 0.4) is 0 Å². The minimum Gasteiger partial charge on any atom is -0.463 e. The first-order valence-electron chi connectivity index (χ1n) is 9.92. The number of cyclic esters (lactones) is 1. The van der Waals surface area contributed by atoms with Crippen LogP contribution >= 0.6 is 0 Å². The van der Waals surface area contributed by atoms with Crippen LogP contribution in [0.4, 0.5) is 0 Å². The predicted molar refractivity (Wildman–Crippen MR) is 116 cm³/mol. The molecule has 3 aromatic rings. The van der Waals surface area contributed by atoms with Gasteiger partial charge in [-0.15, -0.1) is 0 Å². The number of fused-ring (bicyclic) bond motifs is 1. The Balaban J connectivity index is 2.13. The van der Waals surface area contributed by atoms with Crippen molar-refractivity contribution in [2.24, 2.45) is 0 Å². The Kier molecular flexibility index (Phi) is 5.23. The van der Waals surface area contributed by atoms with Gasteiger partial charge in [-0.25, -0.2) is 9.59 Å². The third kappa shape index (κ3) is 3.30. The molecule has 0 bridgehead atoms. The molecule has 4 rings (SSSR count). The zero-order valence-electron chi connectivity index (χ0n) is 16.9. The summed E-state index contributed by atoms with van der Waals surface area (Å²) in [6, 6.07) is 26.8. The van der Waals surface area contributed by atoms with Crippen LogP contribution in [0.25, 0.3) is 11.1 Å². The molecule has 3 aromatic carbocycles. The molecule has 0 amide bonds. The van der Waals surface area contributed by atoms with Gasteiger partial charge in [-0.05, 0) is 42.2 Å². The Morgan fingerprint density at radius 3 is 1.87 bits per heavy atom. The molecule has 0 fully saturated rings. The first kappa shape index (κ1) is 19.6. The quantitative estimate of drug-likeness (QED) is 0.571. The average molecular weight is 398 g/mol. The largest absolute Gasteiger partial charge is 0.463 e. The van der Waals surface area contributed by atoms with Gasteiger partial charge >= 0.3 is 11.9 Å². The standard InChI is InChI=1S/C26H22O4/c1-3-29-25(28)26(2)23(20-16-10-11-17-21(20)24(27)30-26)22(18-12-6-4-7-13-18)19-14-8-5-9-15-19/h4-17H,3H2,1-2H3. The number of hydrogen-bond donors (Lipinski definition) is 0. The van der Waals surface area contributed by atoms with Crippen LogP contribution in [0.5, 0.6) is 0 Å². The lowest BCUT2D eigenvalue weighted by Gasteiger charge is -2.36. The summed E-state index contributed by atoms with van der Waals surface area (Å²) in [4.78, 5) is 25.9. The molecular formula is C26H22O4. The van der Waals surface area contributed by atoms with Gasteiger partial charge in [0, 0.05) is 5.57 Å². The van der Waals surface area contributed by atoms with Gasteiger partial charge in [0.2, 0.25) is 5.60 Å². The van der Waals surface area contributed by atoms with Gasteiger partial charge in [-0.2, -0.15) is 0 Å². The van der Waals surface area contributed by atoms with Crippen molar-refractivity contribution in [2.75, 3.05) is 6.61 Å². The Labute approximate surface area is 175 Å². The van der Waals surface area contributed by atoms with Gasteiger partial charge in [0.25, 0.3) is 0 Å². The number of rotatable bonds is 4. The normalized spacial score (nSPS) is 17.7. The second kappa shape index (κ2) is 7.99. The molecule has 4 heteroatoms. The topological polar surface area (TPSA) is 52.6 Å². The summed E-state index contributed by atoms with van der Waals surface area (Å²) in [6.45, 7) is 3.53. The van der Waals surface area contributed by atoms with E-state index in [1.165, 1.54) is 0 Å². The zero-order chi connectivity index (χ0) is 21.1. The molecule has 0 N–H and O–H groups in total. The molecule has 0 saturated heterocycles. The maximum absolute atomic E-state index is 13.1. The molecule has 1 unspecified atom stereocenters. The highest BCUT2D eigenvalue weighted by Gasteiger charge is 2.49. The number of carbonyl (C=O) groups is 2. The zero-order valence-corrected chi connectivity index (χ0v) is 16.9. The Morgan fingerprint density at radius 1 is 0.833 bits per heavy atom. The molecule has 1 aliphatic heterocycles. The Hall–Kier alpha value is -3.66. The maximum atomic E-state index is 13.1. The van der Waals surface area contributed by atoms with E-state index in [-0.39, 0.29) is 6.61 Å². The van der Waals surface area contributed by atoms with Gasteiger partial charge in [0.05, 0.1) is 12.2 Å². The summed E-state index contributed by atoms with van der Waals surface area (Å²) in [5.41, 5.74) is 2.80. The van der Waals surface area contributed by atoms with E-state index in [9.17, 15) is 9.59 Å². The first-order chi connectivity index (χ1) is 14.6. The van der Waals surface area contributed by atoms with Gasteiger partial charge in [0.1, 0.15) is 0 Å². The average Bonchev–Trinajstić information content (AvgIpc) is 2.78. The van der Waals surface area contributed by atoms with E-state index in [0.717, 1.165) is 16.7 Å². The van der Waals surface area contributed by atoms with Crippen molar-refractivity contribution in [1.29, 1.82) is 0 Å². The monoisotopic (exact) mass is 398 g/mol. The lowest BCUT2D eigenvalue weighted by atomic mass is 9.77. The Bertz CT molecular complexity index is 1070. The molecule has 4 nitrogen and oxygen atoms in total. The van der Waals surface area contributed by atoms with Gasteiger partial charge < -0.3 is 9.47 Å². The molecule has 30 heavy (non-hydrogen) atoms. The van der Waals surface area contributed by atoms with Crippen LogP contribution in [0.2, 0.25) is 0 Å². The summed E-state index contributed by atoms with van der Waals surface area (Å²) < 4.78 is 11.1. The molecular weight excluding hydrogens is 376 g/mol. The van der Waals surface area contributed by atoms with E-state index in [4.69, 9.17) is 9.47 Å². The molecule has 1 heterocycles. The highest BCUT2D eigenvalue weighted by molar-refractivity contribution is 6.15. The van der Waals surface area contributed by atoms with E-state index in [2.05, 4.69) is 0 Å². The van der Waals surface area contributed by atoms with E-state index in [1.54, 1.807) is 26.0 Å². The van der Waals surface area contributed by atoms with Gasteiger partial charge in [-0.3, -0.25) is 0 Å². The molecule has 0 radical (unpaired) electrons. The second-order valence-electron chi connectivity index (χ2n) is 7.17. The lowest BCUT2D eigenvalue weighted by Crippen LogP contribution is -2.46. The highest BCUT2D eigenvalue weighted by atomic mass is 16.6. The second-order valence-corrected chi connectivity index (χ2v) is 7.17. The summed E-state index contributed by atoms with van der Waals surface area (Å²) in [5, 5.41) is 0. The van der Waals surface area contributed by atoms with Crippen molar-refractivity contribution < 1.29 is 19.1 Å². The number of benzene rings is 3. The molecule has 0 aromatic heterocycles. The van der Waals surface area contributed by atoms with E-state index in [1.807, 2.05) is 72.8 Å². The minimum atomic E-state index is -1.58. The molecule has 0 spiro atoms. The minimum absolute atomic E-state index is 0.187. The van der Waals surface area contributed by atoms with Gasteiger partial charge in [-0.1, -0.05) is 78.9 Å². The smallest absolute Gasteiger partial charge is 0.355 e. The van der Waals surface area contributed by atoms with E-state index >= 15 is 0 Å². The predicted octanol–water partition coefficient (Wildman–Crippen LogP) is 5.14. The van der Waals surface area contributed by atoms with Crippen molar-refractivity contribution in [3.8, 4) is 0 Å². The van der Waals surface area contributed by atoms with Crippen molar-refractivity contribution in [1.82, 2.24) is 0 Å². The van der Waals surface area contributed by atoms with Crippen LogP contribution in [-0.4, -0.2) is 24.1 Å². The highest BCUT2D eigenvalue weighted by Crippen LogP contribution is 2.45. The number of hydrogen-bond acceptors (Lipinski definition) is 4. The van der Waals surface area contributed by atoms with Crippen molar-refractivity contribution in [3.63, 3.8) is 0 Å². The van der Waals surface area contributed by atoms with Crippen molar-refractivity contribution in [3.05, 3.63) is 107 Å². The van der Waals surface area contributed by atoms with Crippen LogP contribution in [-0.2, 0) is 14.3 Å². The molecule has 1 aliphatic rings. The van der Waals surface area contributed by atoms with Crippen molar-refractivity contribution >= 4 is 23.1 Å². The molecule has 150 valence electrons. The fourth-order valence-electron chi connectivity index (χ4n) is 3.88. The van der Waals surface area contributed by atoms with Crippen LogP contribution < -0.4 is 0 Å². The van der Waals surface area contributed by atoms with Crippen LogP contribution in [0, 0.1) is 0 Å². The van der Waals surface area contributed by atoms with Crippen LogP contribution in [0.1, 0.15) is 40.9 Å². The number of esters is 2. The summed E-state index contributed by atoms with van der Waals surface area (Å²) in [6.07, 6.45) is 0. The summed E-state index contributed by atoms with van der Waals surface area (Å²) in [7, 11) is 0. The van der Waals surface area contributed by atoms with E-state index in [0.29, 0.717) is 16.7 Å². The molecule has 1 atom stereocenters. The lowest BCUT2D eigenvalue weighted by molar-refractivity contribution is -0.158. The third-order valence-corrected chi connectivity index (χ3v) is 5.23. The molecule has 0 aliphatic carbocycles. The SMILES string of the molecule is CCOC(=O)C1(C)OC(=O)c2ccccc2C1=C(c1ccccc1)c1ccccc1. The Morgan fingerprint density at radius 2 is 1.33 bits per heavy atom. The molecule has 0 saturated carbocycles. The summed E-state index contributed by atoms with van der Waals surface area (Å²) in [5.74, 6) is -1.13. The summed E-state index contributed by atoms with van der Waals surface area (Å²) >= 11 is 0. The van der Waals surface area contributed by atoms with Crippen molar-refractivity contribution in [2.45, 2.75) is 19.4 Å². The first-order valence-corrected chi connectivity index (χ1v) is 9.92. The van der Waals surface area contributed by atoms with Gasteiger partial charge in [0.15, 0.2) is 0 Å². The van der Waals surface area contributed by atoms with Crippen LogP contribution in [0.15, 0.2) is 84.9 Å². The third-order valence-electron chi connectivity index (χ3n) is 5.23. The fraction of sp³-hybridized carbons (Fsp3) is 0.154. The maximum Gasteiger partial charge on any atom is 0.355 e. The number of carbonyl (C=O) groups excluding carboxylic acids is 2. The fourth-order valence-corrected chi connectivity index (χ4v) is 3.88. The number of ether oxygens (including phenoxy) is 2.